The van der Waals surface area contributed by atoms with Crippen molar-refractivity contribution in [1.29, 1.82) is 0 Å². The van der Waals surface area contributed by atoms with Crippen molar-refractivity contribution in [1.82, 2.24) is 19.6 Å². The molecule has 7 heteroatoms. The lowest BCUT2D eigenvalue weighted by atomic mass is 10.2. The monoisotopic (exact) mass is 355 g/mol. The topological polar surface area (TPSA) is 64.7 Å². The number of nitrogens with zero attached hydrogens (tertiary/aromatic N) is 4. The van der Waals surface area contributed by atoms with Crippen LogP contribution in [0.15, 0.2) is 30.5 Å². The molecular formula is C19H22FN5O. The molecule has 0 saturated carbocycles. The maximum absolute atomic E-state index is 13.1. The van der Waals surface area contributed by atoms with Crippen molar-refractivity contribution in [2.24, 2.45) is 0 Å². The molecule has 3 rings (SSSR count). The van der Waals surface area contributed by atoms with E-state index in [0.717, 1.165) is 22.6 Å². The zero-order valence-corrected chi connectivity index (χ0v) is 15.4. The molecule has 0 fully saturated rings. The van der Waals surface area contributed by atoms with E-state index in [0.29, 0.717) is 24.3 Å². The Hall–Kier alpha value is -2.96. The van der Waals surface area contributed by atoms with Gasteiger partial charge in [0.05, 0.1) is 35.4 Å². The molecule has 1 amide bonds. The maximum atomic E-state index is 13.1. The molecule has 26 heavy (non-hydrogen) atoms. The van der Waals surface area contributed by atoms with Crippen molar-refractivity contribution in [3.05, 3.63) is 64.5 Å². The molecule has 1 N–H and O–H groups in total. The van der Waals surface area contributed by atoms with Crippen molar-refractivity contribution in [3.63, 3.8) is 0 Å². The van der Waals surface area contributed by atoms with E-state index >= 15 is 0 Å². The first kappa shape index (κ1) is 17.8. The molecule has 2 heterocycles. The lowest BCUT2D eigenvalue weighted by Crippen LogP contribution is -2.14. The number of amides is 1. The van der Waals surface area contributed by atoms with Gasteiger partial charge >= 0.3 is 0 Å². The Balaban J connectivity index is 1.82. The van der Waals surface area contributed by atoms with E-state index in [2.05, 4.69) is 15.5 Å². The molecule has 2 aromatic heterocycles. The summed E-state index contributed by atoms with van der Waals surface area (Å²) in [6.07, 6.45) is 1.59. The third kappa shape index (κ3) is 3.37. The standard InChI is InChI=1S/C19H22FN5O/c1-5-24-13(3)17(10-21-24)19(26)22-18-12(2)23-25(14(18)4)11-15-6-8-16(20)9-7-15/h6-10H,5,11H2,1-4H3,(H,22,26). The molecular weight excluding hydrogens is 333 g/mol. The molecule has 0 aliphatic heterocycles. The summed E-state index contributed by atoms with van der Waals surface area (Å²) in [4.78, 5) is 12.6. The molecule has 136 valence electrons. The number of halogens is 1. The molecule has 0 radical (unpaired) electrons. The highest BCUT2D eigenvalue weighted by Crippen LogP contribution is 2.22. The zero-order chi connectivity index (χ0) is 18.8. The number of anilines is 1. The second-order valence-electron chi connectivity index (χ2n) is 6.24. The number of carbonyl (C=O) groups is 1. The first-order valence-electron chi connectivity index (χ1n) is 8.53. The minimum atomic E-state index is -0.266. The summed E-state index contributed by atoms with van der Waals surface area (Å²) in [5.74, 6) is -0.465. The van der Waals surface area contributed by atoms with Crippen LogP contribution in [0.25, 0.3) is 0 Å². The summed E-state index contributed by atoms with van der Waals surface area (Å²) in [6, 6.07) is 6.31. The van der Waals surface area contributed by atoms with E-state index < -0.39 is 0 Å². The van der Waals surface area contributed by atoms with Gasteiger partial charge in [0.1, 0.15) is 5.82 Å². The van der Waals surface area contributed by atoms with Gasteiger partial charge < -0.3 is 5.32 Å². The summed E-state index contributed by atoms with van der Waals surface area (Å²) in [5.41, 5.74) is 4.60. The van der Waals surface area contributed by atoms with Crippen LogP contribution >= 0.6 is 0 Å². The van der Waals surface area contributed by atoms with Gasteiger partial charge in [0.15, 0.2) is 0 Å². The van der Waals surface area contributed by atoms with Crippen LogP contribution in [-0.4, -0.2) is 25.5 Å². The van der Waals surface area contributed by atoms with E-state index in [1.165, 1.54) is 12.1 Å². The number of aryl methyl sites for hydroxylation is 2. The second kappa shape index (κ2) is 7.11. The van der Waals surface area contributed by atoms with Crippen molar-refractivity contribution in [2.45, 2.75) is 40.8 Å². The van der Waals surface area contributed by atoms with Gasteiger partial charge in [0.2, 0.25) is 0 Å². The largest absolute Gasteiger partial charge is 0.319 e. The van der Waals surface area contributed by atoms with Gasteiger partial charge in [-0.05, 0) is 45.4 Å². The van der Waals surface area contributed by atoms with Crippen molar-refractivity contribution in [2.75, 3.05) is 5.32 Å². The lowest BCUT2D eigenvalue weighted by Gasteiger charge is -2.07. The van der Waals surface area contributed by atoms with Crippen molar-refractivity contribution < 1.29 is 9.18 Å². The smallest absolute Gasteiger partial charge is 0.259 e. The van der Waals surface area contributed by atoms with Gasteiger partial charge in [-0.25, -0.2) is 4.39 Å². The highest BCUT2D eigenvalue weighted by atomic mass is 19.1. The summed E-state index contributed by atoms with van der Waals surface area (Å²) < 4.78 is 16.7. The third-order valence-corrected chi connectivity index (χ3v) is 4.51. The Bertz CT molecular complexity index is 940. The average molecular weight is 355 g/mol. The molecule has 0 saturated heterocycles. The second-order valence-corrected chi connectivity index (χ2v) is 6.24. The molecule has 6 nitrogen and oxygen atoms in total. The Labute approximate surface area is 151 Å². The zero-order valence-electron chi connectivity index (χ0n) is 15.4. The normalized spacial score (nSPS) is 11.0. The number of benzene rings is 1. The van der Waals surface area contributed by atoms with Crippen LogP contribution in [0.2, 0.25) is 0 Å². The number of nitrogens with one attached hydrogen (secondary N) is 1. The van der Waals surface area contributed by atoms with Gasteiger partial charge in [0.25, 0.3) is 5.91 Å². The van der Waals surface area contributed by atoms with E-state index in [-0.39, 0.29) is 11.7 Å². The number of aromatic nitrogens is 4. The molecule has 0 atom stereocenters. The molecule has 0 aliphatic rings. The SMILES string of the molecule is CCn1ncc(C(=O)Nc2c(C)nn(Cc3ccc(F)cc3)c2C)c1C. The van der Waals surface area contributed by atoms with Gasteiger partial charge in [-0.2, -0.15) is 10.2 Å². The molecule has 1 aromatic carbocycles. The van der Waals surface area contributed by atoms with Crippen LogP contribution in [0.5, 0.6) is 0 Å². The van der Waals surface area contributed by atoms with Crippen LogP contribution in [-0.2, 0) is 13.1 Å². The minimum absolute atomic E-state index is 0.199. The van der Waals surface area contributed by atoms with E-state index in [9.17, 15) is 9.18 Å². The van der Waals surface area contributed by atoms with E-state index in [1.54, 1.807) is 27.7 Å². The van der Waals surface area contributed by atoms with Crippen molar-refractivity contribution in [3.8, 4) is 0 Å². The van der Waals surface area contributed by atoms with Gasteiger partial charge in [0, 0.05) is 12.2 Å². The number of hydrogen-bond donors (Lipinski definition) is 1. The number of rotatable bonds is 5. The molecule has 0 unspecified atom stereocenters. The van der Waals surface area contributed by atoms with Crippen LogP contribution in [0.1, 0.15) is 39.9 Å². The first-order valence-corrected chi connectivity index (χ1v) is 8.53. The molecule has 0 spiro atoms. The fourth-order valence-electron chi connectivity index (χ4n) is 2.96. The lowest BCUT2D eigenvalue weighted by molar-refractivity contribution is 0.102. The van der Waals surface area contributed by atoms with Gasteiger partial charge in [-0.1, -0.05) is 12.1 Å². The van der Waals surface area contributed by atoms with Crippen LogP contribution in [0.4, 0.5) is 10.1 Å². The number of hydrogen-bond acceptors (Lipinski definition) is 3. The first-order chi connectivity index (χ1) is 12.4. The van der Waals surface area contributed by atoms with Crippen LogP contribution in [0, 0.1) is 26.6 Å². The Morgan fingerprint density at radius 3 is 2.42 bits per heavy atom. The Morgan fingerprint density at radius 1 is 1.12 bits per heavy atom. The predicted octanol–water partition coefficient (Wildman–Crippen LogP) is 3.46. The number of carbonyl (C=O) groups excluding carboxylic acids is 1. The van der Waals surface area contributed by atoms with E-state index in [1.807, 2.05) is 27.7 Å². The molecule has 3 aromatic rings. The van der Waals surface area contributed by atoms with Crippen LogP contribution < -0.4 is 5.32 Å². The van der Waals surface area contributed by atoms with Crippen LogP contribution in [0.3, 0.4) is 0 Å². The van der Waals surface area contributed by atoms with E-state index in [4.69, 9.17) is 0 Å². The summed E-state index contributed by atoms with van der Waals surface area (Å²) >= 11 is 0. The predicted molar refractivity (Wildman–Crippen MR) is 97.8 cm³/mol. The highest BCUT2D eigenvalue weighted by Gasteiger charge is 2.18. The quantitative estimate of drug-likeness (QED) is 0.762. The third-order valence-electron chi connectivity index (χ3n) is 4.51. The Morgan fingerprint density at radius 2 is 1.81 bits per heavy atom. The fourth-order valence-corrected chi connectivity index (χ4v) is 2.96. The minimum Gasteiger partial charge on any atom is -0.319 e. The van der Waals surface area contributed by atoms with Gasteiger partial charge in [-0.3, -0.25) is 14.2 Å². The summed E-state index contributed by atoms with van der Waals surface area (Å²) in [7, 11) is 0. The molecule has 0 bridgehead atoms. The fraction of sp³-hybridized carbons (Fsp3) is 0.316. The van der Waals surface area contributed by atoms with Gasteiger partial charge in [-0.15, -0.1) is 0 Å². The molecule has 0 aliphatic carbocycles. The average Bonchev–Trinajstić information content (AvgIpc) is 3.11. The maximum Gasteiger partial charge on any atom is 0.259 e. The Kier molecular flexibility index (Phi) is 4.88. The summed E-state index contributed by atoms with van der Waals surface area (Å²) in [6.45, 7) is 8.84. The van der Waals surface area contributed by atoms with Crippen molar-refractivity contribution >= 4 is 11.6 Å². The summed E-state index contributed by atoms with van der Waals surface area (Å²) in [5, 5.41) is 11.7. The highest BCUT2D eigenvalue weighted by molar-refractivity contribution is 6.05.